The van der Waals surface area contributed by atoms with Gasteiger partial charge in [-0.15, -0.1) is 0 Å². The van der Waals surface area contributed by atoms with Crippen molar-refractivity contribution in [1.82, 2.24) is 20.9 Å². The number of hydrogen-bond acceptors (Lipinski definition) is 5. The molecule has 4 atom stereocenters. The third kappa shape index (κ3) is 7.27. The van der Waals surface area contributed by atoms with E-state index in [1.807, 2.05) is 61.2 Å². The van der Waals surface area contributed by atoms with Crippen LogP contribution in [0, 0.1) is 5.92 Å². The summed E-state index contributed by atoms with van der Waals surface area (Å²) in [5.74, 6) is -1.74. The van der Waals surface area contributed by atoms with Gasteiger partial charge in [-0.1, -0.05) is 62.7 Å². The van der Waals surface area contributed by atoms with Crippen LogP contribution in [0.1, 0.15) is 45.6 Å². The summed E-state index contributed by atoms with van der Waals surface area (Å²) in [6.45, 7) is 6.31. The van der Waals surface area contributed by atoms with Crippen molar-refractivity contribution in [3.8, 4) is 0 Å². The van der Waals surface area contributed by atoms with Crippen molar-refractivity contribution in [2.45, 2.75) is 64.7 Å². The van der Waals surface area contributed by atoms with Gasteiger partial charge in [0.05, 0.1) is 6.54 Å². The van der Waals surface area contributed by atoms with Crippen LogP contribution in [0.2, 0.25) is 0 Å². The molecule has 2 aromatic rings. The van der Waals surface area contributed by atoms with Crippen LogP contribution < -0.4 is 16.0 Å². The SMILES string of the molecule is CC[C@H](C)[C@@H](CN(CC(=O)N[C@@H](C)C(=O)O)Cc1cccc2ccccc12)NC(=O)[C@@H]1CCC(=O)N1. The standard InChI is InChI=1S/C27H36N4O5/c1-4-17(2)23(30-26(34)22-12-13-24(32)29-22)15-31(16-25(33)28-18(3)27(35)36)14-20-10-7-9-19-8-5-6-11-21(19)20/h5-11,17-18,22-23H,4,12-16H2,1-3H3,(H,28,33)(H,29,32)(H,30,34)(H,35,36)/t17-,18-,22-,23+/m0/s1. The molecule has 36 heavy (non-hydrogen) atoms. The van der Waals surface area contributed by atoms with Crippen LogP contribution in [0.15, 0.2) is 42.5 Å². The van der Waals surface area contributed by atoms with E-state index in [4.69, 9.17) is 0 Å². The van der Waals surface area contributed by atoms with Gasteiger partial charge < -0.3 is 21.1 Å². The minimum absolute atomic E-state index is 0.0240. The monoisotopic (exact) mass is 496 g/mol. The number of nitrogens with one attached hydrogen (secondary N) is 3. The van der Waals surface area contributed by atoms with Crippen molar-refractivity contribution in [3.63, 3.8) is 0 Å². The second-order valence-electron chi connectivity index (χ2n) is 9.59. The van der Waals surface area contributed by atoms with Crippen LogP contribution in [0.3, 0.4) is 0 Å². The molecule has 4 N–H and O–H groups in total. The van der Waals surface area contributed by atoms with Crippen LogP contribution in [-0.2, 0) is 25.7 Å². The number of nitrogens with zero attached hydrogens (tertiary/aromatic N) is 1. The first-order valence-corrected chi connectivity index (χ1v) is 12.5. The Bertz CT molecular complexity index is 1100. The predicted molar refractivity (Wildman–Crippen MR) is 137 cm³/mol. The number of rotatable bonds is 12. The molecule has 3 amide bonds. The molecule has 2 aromatic carbocycles. The highest BCUT2D eigenvalue weighted by Gasteiger charge is 2.31. The van der Waals surface area contributed by atoms with Gasteiger partial charge in [0.2, 0.25) is 17.7 Å². The second-order valence-corrected chi connectivity index (χ2v) is 9.59. The molecule has 0 saturated carbocycles. The number of aliphatic carboxylic acids is 1. The Kier molecular flexibility index (Phi) is 9.41. The zero-order chi connectivity index (χ0) is 26.2. The fourth-order valence-corrected chi connectivity index (χ4v) is 4.43. The highest BCUT2D eigenvalue weighted by atomic mass is 16.4. The zero-order valence-electron chi connectivity index (χ0n) is 21.1. The Morgan fingerprint density at radius 2 is 1.83 bits per heavy atom. The minimum Gasteiger partial charge on any atom is -0.480 e. The Balaban J connectivity index is 1.82. The molecule has 0 aliphatic carbocycles. The van der Waals surface area contributed by atoms with Gasteiger partial charge in [-0.3, -0.25) is 24.1 Å². The maximum Gasteiger partial charge on any atom is 0.325 e. The van der Waals surface area contributed by atoms with E-state index < -0.39 is 24.0 Å². The molecule has 9 heteroatoms. The van der Waals surface area contributed by atoms with Crippen LogP contribution in [0.4, 0.5) is 0 Å². The minimum atomic E-state index is -1.10. The summed E-state index contributed by atoms with van der Waals surface area (Å²) in [5.41, 5.74) is 1.03. The Labute approximate surface area is 211 Å². The highest BCUT2D eigenvalue weighted by molar-refractivity contribution is 5.91. The lowest BCUT2D eigenvalue weighted by atomic mass is 9.97. The topological polar surface area (TPSA) is 128 Å². The molecule has 0 aromatic heterocycles. The first kappa shape index (κ1) is 27.1. The first-order chi connectivity index (χ1) is 17.2. The number of carbonyl (C=O) groups excluding carboxylic acids is 3. The Morgan fingerprint density at radius 3 is 2.50 bits per heavy atom. The number of fused-ring (bicyclic) bond motifs is 1. The van der Waals surface area contributed by atoms with Gasteiger partial charge in [-0.05, 0) is 35.6 Å². The smallest absolute Gasteiger partial charge is 0.325 e. The molecule has 1 aliphatic rings. The molecular formula is C27H36N4O5. The lowest BCUT2D eigenvalue weighted by Gasteiger charge is -2.32. The van der Waals surface area contributed by atoms with E-state index in [1.165, 1.54) is 6.92 Å². The molecule has 0 radical (unpaired) electrons. The molecule has 0 spiro atoms. The van der Waals surface area contributed by atoms with E-state index in [2.05, 4.69) is 16.0 Å². The molecule has 9 nitrogen and oxygen atoms in total. The summed E-state index contributed by atoms with van der Waals surface area (Å²) in [4.78, 5) is 50.4. The second kappa shape index (κ2) is 12.5. The van der Waals surface area contributed by atoms with E-state index in [0.29, 0.717) is 25.9 Å². The van der Waals surface area contributed by atoms with Gasteiger partial charge in [0, 0.05) is 25.6 Å². The molecule has 1 aliphatic heterocycles. The molecule has 3 rings (SSSR count). The third-order valence-electron chi connectivity index (χ3n) is 6.81. The van der Waals surface area contributed by atoms with Gasteiger partial charge in [0.25, 0.3) is 0 Å². The van der Waals surface area contributed by atoms with Crippen molar-refractivity contribution in [2.75, 3.05) is 13.1 Å². The largest absolute Gasteiger partial charge is 0.480 e. The van der Waals surface area contributed by atoms with Gasteiger partial charge in [-0.2, -0.15) is 0 Å². The lowest BCUT2D eigenvalue weighted by molar-refractivity contribution is -0.141. The van der Waals surface area contributed by atoms with E-state index in [-0.39, 0.29) is 30.3 Å². The van der Waals surface area contributed by atoms with E-state index in [9.17, 15) is 24.3 Å². The summed E-state index contributed by atoms with van der Waals surface area (Å²) in [6.07, 6.45) is 1.61. The molecule has 194 valence electrons. The highest BCUT2D eigenvalue weighted by Crippen LogP contribution is 2.21. The maximum absolute atomic E-state index is 12.9. The summed E-state index contributed by atoms with van der Waals surface area (Å²) >= 11 is 0. The average molecular weight is 497 g/mol. The average Bonchev–Trinajstić information content (AvgIpc) is 3.29. The summed E-state index contributed by atoms with van der Waals surface area (Å²) in [5, 5.41) is 19.7. The summed E-state index contributed by atoms with van der Waals surface area (Å²) in [7, 11) is 0. The number of hydrogen-bond donors (Lipinski definition) is 4. The fourth-order valence-electron chi connectivity index (χ4n) is 4.43. The predicted octanol–water partition coefficient (Wildman–Crippen LogP) is 2.04. The number of carbonyl (C=O) groups is 4. The van der Waals surface area contributed by atoms with Crippen molar-refractivity contribution in [2.24, 2.45) is 5.92 Å². The molecule has 1 fully saturated rings. The normalized spacial score (nSPS) is 17.9. The van der Waals surface area contributed by atoms with Crippen molar-refractivity contribution < 1.29 is 24.3 Å². The van der Waals surface area contributed by atoms with Gasteiger partial charge >= 0.3 is 5.97 Å². The van der Waals surface area contributed by atoms with Gasteiger partial charge in [0.1, 0.15) is 12.1 Å². The number of benzene rings is 2. The molecule has 1 saturated heterocycles. The summed E-state index contributed by atoms with van der Waals surface area (Å²) < 4.78 is 0. The molecule has 0 unspecified atom stereocenters. The van der Waals surface area contributed by atoms with Crippen molar-refractivity contribution >= 4 is 34.5 Å². The first-order valence-electron chi connectivity index (χ1n) is 12.5. The van der Waals surface area contributed by atoms with Gasteiger partial charge in [-0.25, -0.2) is 0 Å². The van der Waals surface area contributed by atoms with Crippen molar-refractivity contribution in [3.05, 3.63) is 48.0 Å². The van der Waals surface area contributed by atoms with Crippen LogP contribution in [0.25, 0.3) is 10.8 Å². The number of carboxylic acid groups (broad SMARTS) is 1. The number of amides is 3. The van der Waals surface area contributed by atoms with Crippen LogP contribution in [0.5, 0.6) is 0 Å². The fraction of sp³-hybridized carbons (Fsp3) is 0.481. The number of carboxylic acids is 1. The molecule has 0 bridgehead atoms. The zero-order valence-corrected chi connectivity index (χ0v) is 21.1. The Hall–Kier alpha value is -3.46. The van der Waals surface area contributed by atoms with Gasteiger partial charge in [0.15, 0.2) is 0 Å². The van der Waals surface area contributed by atoms with Crippen molar-refractivity contribution in [1.29, 1.82) is 0 Å². The summed E-state index contributed by atoms with van der Waals surface area (Å²) in [6, 6.07) is 12.2. The van der Waals surface area contributed by atoms with Crippen LogP contribution in [-0.4, -0.2) is 64.9 Å². The van der Waals surface area contributed by atoms with E-state index >= 15 is 0 Å². The molecular weight excluding hydrogens is 460 g/mol. The van der Waals surface area contributed by atoms with Crippen LogP contribution >= 0.6 is 0 Å². The van der Waals surface area contributed by atoms with E-state index in [0.717, 1.165) is 22.8 Å². The Morgan fingerprint density at radius 1 is 1.11 bits per heavy atom. The maximum atomic E-state index is 12.9. The molecule has 1 heterocycles. The van der Waals surface area contributed by atoms with E-state index in [1.54, 1.807) is 0 Å². The quantitative estimate of drug-likeness (QED) is 0.356. The third-order valence-corrected chi connectivity index (χ3v) is 6.81. The lowest BCUT2D eigenvalue weighted by Crippen LogP contribution is -2.53.